The third-order valence-electron chi connectivity index (χ3n) is 5.81. The third-order valence-corrected chi connectivity index (χ3v) is 5.81. The molecule has 1 atom stereocenters. The molecule has 0 bridgehead atoms. The van der Waals surface area contributed by atoms with Gasteiger partial charge in [0.05, 0.1) is 6.54 Å². The fourth-order valence-corrected chi connectivity index (χ4v) is 3.65. The van der Waals surface area contributed by atoms with Crippen molar-refractivity contribution < 1.29 is 9.84 Å². The van der Waals surface area contributed by atoms with Crippen LogP contribution in [-0.4, -0.2) is 87.9 Å². The fourth-order valence-electron chi connectivity index (χ4n) is 3.65. The van der Waals surface area contributed by atoms with Gasteiger partial charge in [0.1, 0.15) is 24.3 Å². The minimum Gasteiger partial charge on any atom is -0.491 e. The number of ether oxygens (including phenoxy) is 1. The predicted octanol–water partition coefficient (Wildman–Crippen LogP) is 1.82. The summed E-state index contributed by atoms with van der Waals surface area (Å²) in [5.41, 5.74) is 1.24. The maximum atomic E-state index is 10.3. The van der Waals surface area contributed by atoms with Gasteiger partial charge in [-0.3, -0.25) is 9.80 Å². The van der Waals surface area contributed by atoms with Gasteiger partial charge in [-0.25, -0.2) is 4.98 Å². The van der Waals surface area contributed by atoms with E-state index in [2.05, 4.69) is 57.3 Å². The summed E-state index contributed by atoms with van der Waals surface area (Å²) in [6, 6.07) is 8.63. The SMILES string of the molecule is CC(C)N(Cc1ccc(OCC(O)CN2CCN(C)CC2)cc1)Cc1nccn1C. The van der Waals surface area contributed by atoms with Crippen LogP contribution in [0.4, 0.5) is 0 Å². The highest BCUT2D eigenvalue weighted by molar-refractivity contribution is 5.27. The molecular formula is C23H37N5O2. The summed E-state index contributed by atoms with van der Waals surface area (Å²) in [4.78, 5) is 11.5. The van der Waals surface area contributed by atoms with Gasteiger partial charge in [-0.05, 0) is 38.6 Å². The number of aliphatic hydroxyl groups is 1. The van der Waals surface area contributed by atoms with Crippen LogP contribution in [0.25, 0.3) is 0 Å². The molecular weight excluding hydrogens is 378 g/mol. The van der Waals surface area contributed by atoms with Gasteiger partial charge < -0.3 is 19.3 Å². The van der Waals surface area contributed by atoms with Crippen molar-refractivity contribution in [2.24, 2.45) is 7.05 Å². The van der Waals surface area contributed by atoms with Crippen LogP contribution in [0.3, 0.4) is 0 Å². The molecule has 7 nitrogen and oxygen atoms in total. The summed E-state index contributed by atoms with van der Waals surface area (Å²) < 4.78 is 7.89. The molecule has 1 N–H and O–H groups in total. The lowest BCUT2D eigenvalue weighted by atomic mass is 10.2. The molecule has 2 heterocycles. The smallest absolute Gasteiger partial charge is 0.122 e. The van der Waals surface area contributed by atoms with Gasteiger partial charge in [0.25, 0.3) is 0 Å². The number of hydrogen-bond acceptors (Lipinski definition) is 6. The highest BCUT2D eigenvalue weighted by Crippen LogP contribution is 2.17. The molecule has 166 valence electrons. The zero-order valence-corrected chi connectivity index (χ0v) is 18.9. The minimum absolute atomic E-state index is 0.322. The molecule has 0 aliphatic carbocycles. The Labute approximate surface area is 180 Å². The summed E-state index contributed by atoms with van der Waals surface area (Å²) in [7, 11) is 4.17. The quantitative estimate of drug-likeness (QED) is 0.639. The molecule has 1 aliphatic rings. The van der Waals surface area contributed by atoms with E-state index in [1.807, 2.05) is 31.6 Å². The highest BCUT2D eigenvalue weighted by Gasteiger charge is 2.17. The van der Waals surface area contributed by atoms with Gasteiger partial charge in [0.15, 0.2) is 0 Å². The Hall–Kier alpha value is -1.93. The molecule has 0 spiro atoms. The highest BCUT2D eigenvalue weighted by atomic mass is 16.5. The first-order valence-electron chi connectivity index (χ1n) is 10.9. The Kier molecular flexibility index (Phi) is 8.27. The molecule has 0 radical (unpaired) electrons. The van der Waals surface area contributed by atoms with E-state index in [0.29, 0.717) is 19.2 Å². The summed E-state index contributed by atoms with van der Waals surface area (Å²) >= 11 is 0. The van der Waals surface area contributed by atoms with Gasteiger partial charge in [-0.1, -0.05) is 12.1 Å². The number of β-amino-alcohol motifs (C(OH)–C–C–N with tert-alkyl or cyclic N) is 1. The van der Waals surface area contributed by atoms with Crippen LogP contribution in [-0.2, 0) is 20.1 Å². The molecule has 7 heteroatoms. The Bertz CT molecular complexity index is 753. The lowest BCUT2D eigenvalue weighted by molar-refractivity contribution is 0.0504. The number of hydrogen-bond donors (Lipinski definition) is 1. The van der Waals surface area contributed by atoms with Gasteiger partial charge in [-0.15, -0.1) is 0 Å². The maximum absolute atomic E-state index is 10.3. The molecule has 1 saturated heterocycles. The predicted molar refractivity (Wildman–Crippen MR) is 119 cm³/mol. The molecule has 1 unspecified atom stereocenters. The van der Waals surface area contributed by atoms with Gasteiger partial charge in [0.2, 0.25) is 0 Å². The third kappa shape index (κ3) is 6.80. The van der Waals surface area contributed by atoms with Crippen molar-refractivity contribution in [3.05, 3.63) is 48.0 Å². The van der Waals surface area contributed by atoms with E-state index in [9.17, 15) is 5.11 Å². The van der Waals surface area contributed by atoms with Crippen LogP contribution in [0.1, 0.15) is 25.2 Å². The normalized spacial score (nSPS) is 17.0. The number of likely N-dealkylation sites (N-methyl/N-ethyl adjacent to an activating group) is 1. The molecule has 30 heavy (non-hydrogen) atoms. The summed E-state index contributed by atoms with van der Waals surface area (Å²) in [5, 5.41) is 10.3. The molecule has 1 aromatic carbocycles. The molecule has 0 amide bonds. The van der Waals surface area contributed by atoms with E-state index < -0.39 is 6.10 Å². The van der Waals surface area contributed by atoms with E-state index in [-0.39, 0.29) is 0 Å². The molecule has 0 saturated carbocycles. The zero-order valence-electron chi connectivity index (χ0n) is 18.9. The minimum atomic E-state index is -0.470. The van der Waals surface area contributed by atoms with E-state index in [1.54, 1.807) is 0 Å². The van der Waals surface area contributed by atoms with Crippen molar-refractivity contribution >= 4 is 0 Å². The number of benzene rings is 1. The Morgan fingerprint density at radius 3 is 2.37 bits per heavy atom. The second-order valence-corrected chi connectivity index (χ2v) is 8.67. The lowest BCUT2D eigenvalue weighted by Gasteiger charge is -2.33. The average molecular weight is 416 g/mol. The zero-order chi connectivity index (χ0) is 21.5. The van der Waals surface area contributed by atoms with Crippen molar-refractivity contribution in [3.8, 4) is 5.75 Å². The molecule has 1 aliphatic heterocycles. The Morgan fingerprint density at radius 2 is 1.77 bits per heavy atom. The Balaban J connectivity index is 1.46. The summed E-state index contributed by atoms with van der Waals surface area (Å²) in [6.45, 7) is 11.2. The molecule has 1 fully saturated rings. The fraction of sp³-hybridized carbons (Fsp3) is 0.609. The van der Waals surface area contributed by atoms with E-state index in [1.165, 1.54) is 5.56 Å². The summed E-state index contributed by atoms with van der Waals surface area (Å²) in [5.74, 6) is 1.87. The number of piperazine rings is 1. The topological polar surface area (TPSA) is 57.0 Å². The van der Waals surface area contributed by atoms with Crippen LogP contribution >= 0.6 is 0 Å². The standard InChI is InChI=1S/C23H37N5O2/c1-19(2)28(17-23-24-9-10-26(23)4)15-20-5-7-22(8-6-20)30-18-21(29)16-27-13-11-25(3)12-14-27/h5-10,19,21,29H,11-18H2,1-4H3. The number of aryl methyl sites for hydroxylation is 1. The molecule has 3 rings (SSSR count). The monoisotopic (exact) mass is 415 g/mol. The van der Waals surface area contributed by atoms with Crippen LogP contribution in [0, 0.1) is 0 Å². The van der Waals surface area contributed by atoms with Crippen LogP contribution in [0.2, 0.25) is 0 Å². The number of imidazole rings is 1. The molecule has 1 aromatic heterocycles. The Morgan fingerprint density at radius 1 is 1.07 bits per heavy atom. The second-order valence-electron chi connectivity index (χ2n) is 8.67. The number of nitrogens with zero attached hydrogens (tertiary/aromatic N) is 5. The van der Waals surface area contributed by atoms with Crippen LogP contribution in [0.5, 0.6) is 5.75 Å². The van der Waals surface area contributed by atoms with E-state index in [0.717, 1.165) is 50.8 Å². The first-order chi connectivity index (χ1) is 14.4. The maximum Gasteiger partial charge on any atom is 0.122 e. The lowest BCUT2D eigenvalue weighted by Crippen LogP contribution is -2.47. The number of aliphatic hydroxyl groups excluding tert-OH is 1. The van der Waals surface area contributed by atoms with Crippen molar-refractivity contribution in [2.75, 3.05) is 46.4 Å². The van der Waals surface area contributed by atoms with Gasteiger partial charge >= 0.3 is 0 Å². The first kappa shape index (κ1) is 22.7. The van der Waals surface area contributed by atoms with Gasteiger partial charge in [0, 0.05) is 64.8 Å². The second kappa shape index (κ2) is 10.9. The van der Waals surface area contributed by atoms with Crippen molar-refractivity contribution in [2.45, 2.75) is 39.1 Å². The molecule has 2 aromatic rings. The first-order valence-corrected chi connectivity index (χ1v) is 10.9. The van der Waals surface area contributed by atoms with Crippen molar-refractivity contribution in [1.29, 1.82) is 0 Å². The van der Waals surface area contributed by atoms with Crippen LogP contribution in [0.15, 0.2) is 36.7 Å². The average Bonchev–Trinajstić information content (AvgIpc) is 3.13. The number of aromatic nitrogens is 2. The van der Waals surface area contributed by atoms with Crippen molar-refractivity contribution in [3.63, 3.8) is 0 Å². The summed E-state index contributed by atoms with van der Waals surface area (Å²) in [6.07, 6.45) is 3.36. The van der Waals surface area contributed by atoms with Crippen LogP contribution < -0.4 is 4.74 Å². The van der Waals surface area contributed by atoms with Crippen molar-refractivity contribution in [1.82, 2.24) is 24.3 Å². The van der Waals surface area contributed by atoms with Gasteiger partial charge in [-0.2, -0.15) is 0 Å². The van der Waals surface area contributed by atoms with E-state index in [4.69, 9.17) is 4.74 Å². The number of rotatable bonds is 10. The van der Waals surface area contributed by atoms with E-state index >= 15 is 0 Å². The largest absolute Gasteiger partial charge is 0.491 e.